The maximum Gasteiger partial charge on any atom is 0.122 e. The van der Waals surface area contributed by atoms with Crippen LogP contribution < -0.4 is 0 Å². The standard InChI is InChI=1S/C13H20O2/c1-10(2)5-3-4-6-11-7-8-12(14)9-13(11)15/h7-10,14-15H,3-6H2,1-2H3. The quantitative estimate of drug-likeness (QED) is 0.727. The minimum absolute atomic E-state index is 0.124. The smallest absolute Gasteiger partial charge is 0.122 e. The average molecular weight is 208 g/mol. The highest BCUT2D eigenvalue weighted by molar-refractivity contribution is 5.38. The van der Waals surface area contributed by atoms with Gasteiger partial charge in [-0.2, -0.15) is 0 Å². The zero-order valence-electron chi connectivity index (χ0n) is 9.53. The van der Waals surface area contributed by atoms with E-state index in [0.717, 1.165) is 24.3 Å². The molecule has 2 N–H and O–H groups in total. The molecular formula is C13H20O2. The first-order valence-electron chi connectivity index (χ1n) is 5.60. The number of rotatable bonds is 5. The van der Waals surface area contributed by atoms with E-state index in [1.807, 2.05) is 0 Å². The SMILES string of the molecule is CC(C)CCCCc1ccc(O)cc1O. The Morgan fingerprint density at radius 1 is 1.13 bits per heavy atom. The van der Waals surface area contributed by atoms with Gasteiger partial charge >= 0.3 is 0 Å². The molecule has 0 unspecified atom stereocenters. The van der Waals surface area contributed by atoms with Crippen LogP contribution in [-0.4, -0.2) is 10.2 Å². The molecule has 1 rings (SSSR count). The summed E-state index contributed by atoms with van der Waals surface area (Å²) in [7, 11) is 0. The molecule has 0 heterocycles. The topological polar surface area (TPSA) is 40.5 Å². The van der Waals surface area contributed by atoms with E-state index in [9.17, 15) is 5.11 Å². The summed E-state index contributed by atoms with van der Waals surface area (Å²) in [4.78, 5) is 0. The van der Waals surface area contributed by atoms with Gasteiger partial charge in [-0.1, -0.05) is 32.8 Å². The van der Waals surface area contributed by atoms with Crippen molar-refractivity contribution in [3.63, 3.8) is 0 Å². The third-order valence-corrected chi connectivity index (χ3v) is 2.55. The van der Waals surface area contributed by atoms with Gasteiger partial charge in [-0.25, -0.2) is 0 Å². The number of hydrogen-bond acceptors (Lipinski definition) is 2. The molecule has 2 heteroatoms. The maximum absolute atomic E-state index is 9.54. The van der Waals surface area contributed by atoms with Crippen LogP contribution in [0, 0.1) is 5.92 Å². The molecule has 0 aliphatic heterocycles. The number of unbranched alkanes of at least 4 members (excludes halogenated alkanes) is 1. The molecule has 0 bridgehead atoms. The van der Waals surface area contributed by atoms with Crippen LogP contribution >= 0.6 is 0 Å². The third-order valence-electron chi connectivity index (χ3n) is 2.55. The van der Waals surface area contributed by atoms with Crippen molar-refractivity contribution in [2.45, 2.75) is 39.5 Å². The summed E-state index contributed by atoms with van der Waals surface area (Å²) < 4.78 is 0. The summed E-state index contributed by atoms with van der Waals surface area (Å²) in [5.74, 6) is 1.08. The molecule has 1 aromatic carbocycles. The van der Waals surface area contributed by atoms with E-state index in [-0.39, 0.29) is 11.5 Å². The van der Waals surface area contributed by atoms with E-state index in [2.05, 4.69) is 13.8 Å². The molecule has 0 radical (unpaired) electrons. The fourth-order valence-electron chi connectivity index (χ4n) is 1.63. The van der Waals surface area contributed by atoms with E-state index >= 15 is 0 Å². The molecule has 84 valence electrons. The second-order valence-electron chi connectivity index (χ2n) is 4.45. The van der Waals surface area contributed by atoms with Crippen molar-refractivity contribution in [3.05, 3.63) is 23.8 Å². The first-order chi connectivity index (χ1) is 7.09. The first kappa shape index (κ1) is 11.9. The minimum Gasteiger partial charge on any atom is -0.508 e. The van der Waals surface area contributed by atoms with Crippen LogP contribution in [0.3, 0.4) is 0 Å². The minimum atomic E-state index is 0.124. The number of aromatic hydroxyl groups is 2. The lowest BCUT2D eigenvalue weighted by Gasteiger charge is -2.06. The van der Waals surface area contributed by atoms with Gasteiger partial charge in [-0.3, -0.25) is 0 Å². The van der Waals surface area contributed by atoms with E-state index < -0.39 is 0 Å². The summed E-state index contributed by atoms with van der Waals surface area (Å²) in [6.07, 6.45) is 4.41. The van der Waals surface area contributed by atoms with Crippen LogP contribution in [0.25, 0.3) is 0 Å². The average Bonchev–Trinajstić information content (AvgIpc) is 2.14. The van der Waals surface area contributed by atoms with Crippen molar-refractivity contribution in [1.82, 2.24) is 0 Å². The molecule has 15 heavy (non-hydrogen) atoms. The van der Waals surface area contributed by atoms with Gasteiger partial charge in [-0.15, -0.1) is 0 Å². The number of aryl methyl sites for hydroxylation is 1. The van der Waals surface area contributed by atoms with Gasteiger partial charge in [0.2, 0.25) is 0 Å². The number of benzene rings is 1. The Morgan fingerprint density at radius 3 is 2.47 bits per heavy atom. The molecular weight excluding hydrogens is 188 g/mol. The molecule has 0 aliphatic rings. The predicted molar refractivity (Wildman–Crippen MR) is 62.2 cm³/mol. The van der Waals surface area contributed by atoms with E-state index in [1.54, 1.807) is 12.1 Å². The molecule has 0 aromatic heterocycles. The fourth-order valence-corrected chi connectivity index (χ4v) is 1.63. The summed E-state index contributed by atoms with van der Waals surface area (Å²) >= 11 is 0. The van der Waals surface area contributed by atoms with E-state index in [4.69, 9.17) is 5.11 Å². The lowest BCUT2D eigenvalue weighted by molar-refractivity contribution is 0.444. The third kappa shape index (κ3) is 4.24. The lowest BCUT2D eigenvalue weighted by Crippen LogP contribution is -1.90. The highest BCUT2D eigenvalue weighted by Gasteiger charge is 2.02. The van der Waals surface area contributed by atoms with E-state index in [0.29, 0.717) is 0 Å². The summed E-state index contributed by atoms with van der Waals surface area (Å²) in [5.41, 5.74) is 0.927. The van der Waals surface area contributed by atoms with Gasteiger partial charge in [0.25, 0.3) is 0 Å². The van der Waals surface area contributed by atoms with Crippen molar-refractivity contribution < 1.29 is 10.2 Å². The Hall–Kier alpha value is -1.18. The molecule has 0 amide bonds. The van der Waals surface area contributed by atoms with Crippen LogP contribution in [-0.2, 0) is 6.42 Å². The van der Waals surface area contributed by atoms with Gasteiger partial charge in [0.05, 0.1) is 0 Å². The van der Waals surface area contributed by atoms with Crippen molar-refractivity contribution in [2.75, 3.05) is 0 Å². The predicted octanol–water partition coefficient (Wildman–Crippen LogP) is 3.47. The van der Waals surface area contributed by atoms with Crippen molar-refractivity contribution in [1.29, 1.82) is 0 Å². The van der Waals surface area contributed by atoms with Crippen LogP contribution in [0.1, 0.15) is 38.7 Å². The monoisotopic (exact) mass is 208 g/mol. The molecule has 1 aromatic rings. The van der Waals surface area contributed by atoms with Crippen molar-refractivity contribution in [3.8, 4) is 11.5 Å². The van der Waals surface area contributed by atoms with Gasteiger partial charge < -0.3 is 10.2 Å². The molecule has 0 atom stereocenters. The Bertz CT molecular complexity index is 305. The van der Waals surface area contributed by atoms with Crippen LogP contribution in [0.4, 0.5) is 0 Å². The van der Waals surface area contributed by atoms with Gasteiger partial charge in [0, 0.05) is 6.07 Å². The zero-order valence-corrected chi connectivity index (χ0v) is 9.53. The van der Waals surface area contributed by atoms with Gasteiger partial charge in [-0.05, 0) is 30.4 Å². The van der Waals surface area contributed by atoms with Gasteiger partial charge in [0.15, 0.2) is 0 Å². The Balaban J connectivity index is 2.37. The van der Waals surface area contributed by atoms with Crippen molar-refractivity contribution >= 4 is 0 Å². The first-order valence-corrected chi connectivity index (χ1v) is 5.60. The summed E-state index contributed by atoms with van der Waals surface area (Å²) in [6, 6.07) is 4.81. The molecule has 0 saturated carbocycles. The summed E-state index contributed by atoms with van der Waals surface area (Å²) in [5, 5.41) is 18.7. The molecule has 0 aliphatic carbocycles. The highest BCUT2D eigenvalue weighted by atomic mass is 16.3. The fraction of sp³-hybridized carbons (Fsp3) is 0.538. The summed E-state index contributed by atoms with van der Waals surface area (Å²) in [6.45, 7) is 4.44. The zero-order chi connectivity index (χ0) is 11.3. The molecule has 0 fully saturated rings. The second kappa shape index (κ2) is 5.64. The van der Waals surface area contributed by atoms with E-state index in [1.165, 1.54) is 18.9 Å². The molecule has 0 saturated heterocycles. The van der Waals surface area contributed by atoms with Gasteiger partial charge in [0.1, 0.15) is 11.5 Å². The van der Waals surface area contributed by atoms with Crippen molar-refractivity contribution in [2.24, 2.45) is 5.92 Å². The molecule has 2 nitrogen and oxygen atoms in total. The second-order valence-corrected chi connectivity index (χ2v) is 4.45. The lowest BCUT2D eigenvalue weighted by atomic mass is 10.0. The van der Waals surface area contributed by atoms with Crippen LogP contribution in [0.5, 0.6) is 11.5 Å². The number of phenolic OH excluding ortho intramolecular Hbond substituents is 2. The Morgan fingerprint density at radius 2 is 1.87 bits per heavy atom. The van der Waals surface area contributed by atoms with Crippen LogP contribution in [0.15, 0.2) is 18.2 Å². The maximum atomic E-state index is 9.54. The Labute approximate surface area is 91.6 Å². The normalized spacial score (nSPS) is 10.9. The van der Waals surface area contributed by atoms with Crippen LogP contribution in [0.2, 0.25) is 0 Å². The largest absolute Gasteiger partial charge is 0.508 e. The number of hydrogen-bond donors (Lipinski definition) is 2. The Kier molecular flexibility index (Phi) is 4.47. The molecule has 0 spiro atoms. The number of phenols is 2. The highest BCUT2D eigenvalue weighted by Crippen LogP contribution is 2.24.